The van der Waals surface area contributed by atoms with Gasteiger partial charge in [0.2, 0.25) is 0 Å². The lowest BCUT2D eigenvalue weighted by atomic mass is 9.93. The molecule has 1 aliphatic heterocycles. The molecular weight excluding hydrogens is 479 g/mol. The minimum absolute atomic E-state index is 0.141. The Labute approximate surface area is 219 Å². The first-order chi connectivity index (χ1) is 18.4. The highest BCUT2D eigenvalue weighted by Crippen LogP contribution is 2.44. The van der Waals surface area contributed by atoms with Crippen LogP contribution in [-0.2, 0) is 16.9 Å². The number of fused-ring (bicyclic) bond motifs is 4. The van der Waals surface area contributed by atoms with Crippen LogP contribution in [0.25, 0.3) is 21.8 Å². The average molecular weight is 507 g/mol. The maximum Gasteiger partial charge on any atom is 0.271 e. The van der Waals surface area contributed by atoms with E-state index in [0.717, 1.165) is 41.2 Å². The molecule has 6 nitrogen and oxygen atoms in total. The van der Waals surface area contributed by atoms with E-state index in [0.29, 0.717) is 11.3 Å². The number of carbonyl (C=O) groups excluding carboxylic acids is 2. The summed E-state index contributed by atoms with van der Waals surface area (Å²) in [5.74, 6) is -1.43. The summed E-state index contributed by atoms with van der Waals surface area (Å²) in [7, 11) is 0. The topological polar surface area (TPSA) is 67.2 Å². The van der Waals surface area contributed by atoms with Crippen molar-refractivity contribution in [1.82, 2.24) is 14.9 Å². The van der Waals surface area contributed by atoms with Gasteiger partial charge >= 0.3 is 0 Å². The Hall–Kier alpha value is -4.52. The molecule has 0 aliphatic carbocycles. The van der Waals surface area contributed by atoms with E-state index >= 15 is 0 Å². The van der Waals surface area contributed by atoms with Gasteiger partial charge in [0.15, 0.2) is 0 Å². The third-order valence-corrected chi connectivity index (χ3v) is 7.40. The molecule has 2 aromatic heterocycles. The predicted molar refractivity (Wildman–Crippen MR) is 147 cm³/mol. The summed E-state index contributed by atoms with van der Waals surface area (Å²) in [4.78, 5) is 33.3. The quantitative estimate of drug-likeness (QED) is 0.288. The van der Waals surface area contributed by atoms with E-state index in [1.807, 2.05) is 18.2 Å². The van der Waals surface area contributed by atoms with Gasteiger partial charge in [-0.25, -0.2) is 9.37 Å². The van der Waals surface area contributed by atoms with Crippen LogP contribution >= 0.6 is 0 Å². The Morgan fingerprint density at radius 2 is 1.66 bits per heavy atom. The summed E-state index contributed by atoms with van der Waals surface area (Å²) in [5, 5.41) is 4.92. The molecule has 0 spiro atoms. The van der Waals surface area contributed by atoms with Crippen molar-refractivity contribution in [3.63, 3.8) is 0 Å². The zero-order valence-electron chi connectivity index (χ0n) is 21.2. The average Bonchev–Trinajstić information content (AvgIpc) is 3.36. The number of pyridine rings is 1. The SMILES string of the molecule is CCCCn1c2ccccc2c2cc(C(=O)N[C@]3(C)C(=O)N(c4ccccc4F)c4ccccc43)ncc21. The number of nitrogens with zero attached hydrogens (tertiary/aromatic N) is 3. The van der Waals surface area contributed by atoms with Crippen molar-refractivity contribution in [3.8, 4) is 0 Å². The van der Waals surface area contributed by atoms with Crippen LogP contribution in [0, 0.1) is 5.82 Å². The van der Waals surface area contributed by atoms with Gasteiger partial charge in [0.25, 0.3) is 11.8 Å². The molecule has 38 heavy (non-hydrogen) atoms. The lowest BCUT2D eigenvalue weighted by Crippen LogP contribution is -2.50. The second-order valence-corrected chi connectivity index (χ2v) is 9.80. The number of hydrogen-bond acceptors (Lipinski definition) is 3. The lowest BCUT2D eigenvalue weighted by molar-refractivity contribution is -0.122. The number of para-hydroxylation sites is 3. The second-order valence-electron chi connectivity index (χ2n) is 9.80. The van der Waals surface area contributed by atoms with Crippen LogP contribution < -0.4 is 10.2 Å². The van der Waals surface area contributed by atoms with Crippen LogP contribution in [0.15, 0.2) is 85.1 Å². The Morgan fingerprint density at radius 1 is 0.947 bits per heavy atom. The first-order valence-corrected chi connectivity index (χ1v) is 12.8. The molecule has 0 unspecified atom stereocenters. The number of carbonyl (C=O) groups is 2. The molecular formula is C31H27FN4O2. The van der Waals surface area contributed by atoms with E-state index in [-0.39, 0.29) is 11.4 Å². The van der Waals surface area contributed by atoms with Crippen molar-refractivity contribution in [2.45, 2.75) is 38.8 Å². The Kier molecular flexibility index (Phi) is 5.71. The summed E-state index contributed by atoms with van der Waals surface area (Å²) in [5.41, 5.74) is 2.15. The van der Waals surface area contributed by atoms with E-state index in [1.165, 1.54) is 11.0 Å². The minimum Gasteiger partial charge on any atom is -0.339 e. The highest BCUT2D eigenvalue weighted by molar-refractivity contribution is 6.15. The van der Waals surface area contributed by atoms with E-state index in [4.69, 9.17) is 0 Å². The fourth-order valence-corrected chi connectivity index (χ4v) is 5.45. The second kappa shape index (κ2) is 9.10. The largest absolute Gasteiger partial charge is 0.339 e. The zero-order valence-corrected chi connectivity index (χ0v) is 21.2. The molecule has 6 rings (SSSR count). The molecule has 3 heterocycles. The first kappa shape index (κ1) is 23.9. The molecule has 5 aromatic rings. The Morgan fingerprint density at radius 3 is 2.45 bits per heavy atom. The molecule has 0 radical (unpaired) electrons. The van der Waals surface area contributed by atoms with Crippen molar-refractivity contribution in [2.75, 3.05) is 4.90 Å². The fraction of sp³-hybridized carbons (Fsp3) is 0.194. The molecule has 190 valence electrons. The summed E-state index contributed by atoms with van der Waals surface area (Å²) < 4.78 is 17.0. The molecule has 0 saturated carbocycles. The Balaban J connectivity index is 1.40. The van der Waals surface area contributed by atoms with Gasteiger partial charge in [0, 0.05) is 28.4 Å². The molecule has 3 aromatic carbocycles. The molecule has 0 saturated heterocycles. The first-order valence-electron chi connectivity index (χ1n) is 12.8. The van der Waals surface area contributed by atoms with Gasteiger partial charge < -0.3 is 9.88 Å². The van der Waals surface area contributed by atoms with Crippen molar-refractivity contribution in [2.24, 2.45) is 0 Å². The van der Waals surface area contributed by atoms with E-state index in [9.17, 15) is 14.0 Å². The molecule has 1 atom stereocenters. The van der Waals surface area contributed by atoms with Gasteiger partial charge in [0.1, 0.15) is 17.1 Å². The van der Waals surface area contributed by atoms with Crippen LogP contribution in [0.4, 0.5) is 15.8 Å². The third-order valence-electron chi connectivity index (χ3n) is 7.40. The third kappa shape index (κ3) is 3.57. The molecule has 7 heteroatoms. The van der Waals surface area contributed by atoms with Gasteiger partial charge in [-0.3, -0.25) is 14.5 Å². The number of aryl methyl sites for hydroxylation is 1. The zero-order chi connectivity index (χ0) is 26.4. The molecule has 1 aliphatic rings. The number of benzene rings is 3. The van der Waals surface area contributed by atoms with Gasteiger partial charge in [0.05, 0.1) is 23.1 Å². The highest BCUT2D eigenvalue weighted by Gasteiger charge is 2.49. The van der Waals surface area contributed by atoms with Crippen LogP contribution in [0.2, 0.25) is 0 Å². The van der Waals surface area contributed by atoms with Crippen LogP contribution in [0.5, 0.6) is 0 Å². The number of hydrogen-bond donors (Lipinski definition) is 1. The van der Waals surface area contributed by atoms with E-state index < -0.39 is 23.2 Å². The number of rotatable bonds is 6. The lowest BCUT2D eigenvalue weighted by Gasteiger charge is -2.26. The van der Waals surface area contributed by atoms with Gasteiger partial charge in [-0.2, -0.15) is 0 Å². The van der Waals surface area contributed by atoms with Crippen molar-refractivity contribution in [3.05, 3.63) is 102 Å². The number of aromatic nitrogens is 2. The fourth-order valence-electron chi connectivity index (χ4n) is 5.45. The summed E-state index contributed by atoms with van der Waals surface area (Å²) >= 11 is 0. The highest BCUT2D eigenvalue weighted by atomic mass is 19.1. The molecule has 1 N–H and O–H groups in total. The van der Waals surface area contributed by atoms with Gasteiger partial charge in [-0.1, -0.05) is 61.9 Å². The monoisotopic (exact) mass is 506 g/mol. The molecule has 0 fully saturated rings. The molecule has 2 amide bonds. The van der Waals surface area contributed by atoms with Gasteiger partial charge in [-0.05, 0) is 43.7 Å². The number of nitrogens with one attached hydrogen (secondary N) is 1. The van der Waals surface area contributed by atoms with Crippen molar-refractivity contribution in [1.29, 1.82) is 0 Å². The van der Waals surface area contributed by atoms with Crippen LogP contribution in [0.3, 0.4) is 0 Å². The van der Waals surface area contributed by atoms with Gasteiger partial charge in [-0.15, -0.1) is 0 Å². The summed E-state index contributed by atoms with van der Waals surface area (Å²) in [6.07, 6.45) is 3.84. The standard InChI is InChI=1S/C31H27FN4O2/c1-3-4-17-35-25-14-8-5-11-20(25)21-18-24(33-19-28(21)35)29(37)34-31(2)22-12-6-9-15-26(22)36(30(31)38)27-16-10-7-13-23(27)32/h5-16,18-19H,3-4,17H2,1-2H3,(H,34,37)/t31-/m0/s1. The predicted octanol–water partition coefficient (Wildman–Crippen LogP) is 6.45. The number of unbranched alkanes of at least 4 members (excludes halogenated alkanes) is 1. The number of anilines is 2. The summed E-state index contributed by atoms with van der Waals surface area (Å²) in [6.45, 7) is 4.68. The van der Waals surface area contributed by atoms with Crippen molar-refractivity contribution < 1.29 is 14.0 Å². The van der Waals surface area contributed by atoms with Crippen molar-refractivity contribution >= 4 is 45.0 Å². The minimum atomic E-state index is -1.40. The smallest absolute Gasteiger partial charge is 0.271 e. The normalized spacial score (nSPS) is 16.8. The van der Waals surface area contributed by atoms with E-state index in [1.54, 1.807) is 61.7 Å². The maximum absolute atomic E-state index is 14.8. The van der Waals surface area contributed by atoms with Crippen LogP contribution in [-0.4, -0.2) is 21.4 Å². The number of amides is 2. The Bertz CT molecular complexity index is 1730. The van der Waals surface area contributed by atoms with E-state index in [2.05, 4.69) is 27.9 Å². The number of halogens is 1. The summed E-state index contributed by atoms with van der Waals surface area (Å²) in [6, 6.07) is 23.2. The maximum atomic E-state index is 14.8. The molecule has 0 bridgehead atoms. The van der Waals surface area contributed by atoms with Crippen LogP contribution in [0.1, 0.15) is 42.7 Å².